The number of phenolic OH excluding ortho intramolecular Hbond substituents is 1. The summed E-state index contributed by atoms with van der Waals surface area (Å²) in [5.41, 5.74) is -0.238. The van der Waals surface area contributed by atoms with Crippen LogP contribution >= 0.6 is 0 Å². The molecule has 0 spiro atoms. The Bertz CT molecular complexity index is 1450. The Morgan fingerprint density at radius 3 is 2.44 bits per heavy atom. The van der Waals surface area contributed by atoms with Crippen molar-refractivity contribution in [3.05, 3.63) is 112 Å². The third-order valence-electron chi connectivity index (χ3n) is 5.92. The Balaban J connectivity index is 1.68. The van der Waals surface area contributed by atoms with Crippen LogP contribution in [0.4, 0.5) is 5.69 Å². The first-order valence-corrected chi connectivity index (χ1v) is 10.5. The van der Waals surface area contributed by atoms with Crippen molar-refractivity contribution in [1.82, 2.24) is 5.32 Å². The molecule has 1 heterocycles. The minimum atomic E-state index is -1.59. The molecule has 8 nitrogen and oxygen atoms in total. The molecule has 1 amide bonds. The van der Waals surface area contributed by atoms with Gasteiger partial charge >= 0.3 is 5.97 Å². The molecule has 1 unspecified atom stereocenters. The summed E-state index contributed by atoms with van der Waals surface area (Å²) in [4.78, 5) is 37.2. The third-order valence-corrected chi connectivity index (χ3v) is 5.92. The molecular formula is C26H18N2O6. The average Bonchev–Trinajstić information content (AvgIpc) is 3.10. The van der Waals surface area contributed by atoms with E-state index < -0.39 is 22.3 Å². The second-order valence-corrected chi connectivity index (χ2v) is 8.06. The second kappa shape index (κ2) is 8.00. The van der Waals surface area contributed by atoms with Gasteiger partial charge in [-0.2, -0.15) is 0 Å². The summed E-state index contributed by atoms with van der Waals surface area (Å²) in [6, 6.07) is 22.4. The summed E-state index contributed by atoms with van der Waals surface area (Å²) in [5, 5.41) is 25.2. The first kappa shape index (κ1) is 21.1. The monoisotopic (exact) mass is 454 g/mol. The van der Waals surface area contributed by atoms with Crippen LogP contribution in [0.2, 0.25) is 0 Å². The number of hydrogen-bond donors (Lipinski definition) is 2. The highest BCUT2D eigenvalue weighted by molar-refractivity contribution is 6.05. The number of benzene rings is 4. The molecule has 5 rings (SSSR count). The number of nitro benzene ring substituents is 1. The highest BCUT2D eigenvalue weighted by Gasteiger charge is 2.51. The van der Waals surface area contributed by atoms with Gasteiger partial charge in [0, 0.05) is 29.7 Å². The Morgan fingerprint density at radius 1 is 1.00 bits per heavy atom. The van der Waals surface area contributed by atoms with Crippen molar-refractivity contribution >= 4 is 28.3 Å². The van der Waals surface area contributed by atoms with E-state index in [1.807, 2.05) is 0 Å². The number of nitrogens with zero attached hydrogens (tertiary/aromatic N) is 1. The molecule has 0 saturated carbocycles. The van der Waals surface area contributed by atoms with E-state index in [0.29, 0.717) is 33.2 Å². The van der Waals surface area contributed by atoms with Gasteiger partial charge < -0.3 is 15.2 Å². The molecule has 0 aromatic heterocycles. The predicted molar refractivity (Wildman–Crippen MR) is 124 cm³/mol. The van der Waals surface area contributed by atoms with Gasteiger partial charge in [-0.25, -0.2) is 4.79 Å². The number of amides is 1. The fraction of sp³-hybridized carbons (Fsp3) is 0.0769. The summed E-state index contributed by atoms with van der Waals surface area (Å²) in [5.74, 6) is -0.765. The van der Waals surface area contributed by atoms with E-state index in [2.05, 4.69) is 5.32 Å². The van der Waals surface area contributed by atoms with Gasteiger partial charge in [-0.05, 0) is 46.7 Å². The minimum absolute atomic E-state index is 0.00932. The van der Waals surface area contributed by atoms with Crippen LogP contribution in [0.5, 0.6) is 11.5 Å². The molecule has 4 aromatic carbocycles. The second-order valence-electron chi connectivity index (χ2n) is 8.06. The van der Waals surface area contributed by atoms with Crippen LogP contribution in [0.15, 0.2) is 84.9 Å². The van der Waals surface area contributed by atoms with Crippen LogP contribution in [-0.4, -0.2) is 21.9 Å². The van der Waals surface area contributed by atoms with Gasteiger partial charge in [0.15, 0.2) is 5.54 Å². The lowest BCUT2D eigenvalue weighted by atomic mass is 9.81. The normalized spacial score (nSPS) is 16.6. The minimum Gasteiger partial charge on any atom is -0.508 e. The quantitative estimate of drug-likeness (QED) is 0.202. The SMILES string of the molecule is O=C(NC1(Cc2ccc([N+](=O)[O-])cc2)C(=O)Oc2ccc3cc(O)ccc3c21)c1ccccc1. The van der Waals surface area contributed by atoms with E-state index in [4.69, 9.17) is 4.74 Å². The van der Waals surface area contributed by atoms with Gasteiger partial charge in [0.2, 0.25) is 0 Å². The lowest BCUT2D eigenvalue weighted by Crippen LogP contribution is -2.52. The van der Waals surface area contributed by atoms with E-state index in [0.717, 1.165) is 0 Å². The Kier molecular flexibility index (Phi) is 4.98. The zero-order chi connectivity index (χ0) is 23.9. The predicted octanol–water partition coefficient (Wildman–Crippen LogP) is 4.24. The van der Waals surface area contributed by atoms with Gasteiger partial charge in [-0.15, -0.1) is 0 Å². The molecule has 8 heteroatoms. The maximum atomic E-state index is 13.4. The van der Waals surface area contributed by atoms with Crippen LogP contribution in [0.25, 0.3) is 10.8 Å². The molecule has 1 aliphatic rings. The smallest absolute Gasteiger partial charge is 0.342 e. The van der Waals surface area contributed by atoms with E-state index in [1.54, 1.807) is 66.7 Å². The summed E-state index contributed by atoms with van der Waals surface area (Å²) in [7, 11) is 0. The number of nitro groups is 1. The zero-order valence-electron chi connectivity index (χ0n) is 17.7. The lowest BCUT2D eigenvalue weighted by molar-refractivity contribution is -0.384. The van der Waals surface area contributed by atoms with E-state index in [-0.39, 0.29) is 17.9 Å². The van der Waals surface area contributed by atoms with Crippen molar-refractivity contribution in [3.63, 3.8) is 0 Å². The number of non-ortho nitro benzene ring substituents is 1. The lowest BCUT2D eigenvalue weighted by Gasteiger charge is -2.28. The fourth-order valence-corrected chi connectivity index (χ4v) is 4.33. The number of aromatic hydroxyl groups is 1. The largest absolute Gasteiger partial charge is 0.508 e. The molecule has 0 aliphatic carbocycles. The number of carbonyl (C=O) groups is 2. The van der Waals surface area contributed by atoms with Crippen molar-refractivity contribution < 1.29 is 24.4 Å². The van der Waals surface area contributed by atoms with Crippen molar-refractivity contribution in [1.29, 1.82) is 0 Å². The molecule has 34 heavy (non-hydrogen) atoms. The molecule has 4 aromatic rings. The van der Waals surface area contributed by atoms with Crippen LogP contribution < -0.4 is 10.1 Å². The highest BCUT2D eigenvalue weighted by Crippen LogP contribution is 2.45. The van der Waals surface area contributed by atoms with Gasteiger partial charge in [-0.3, -0.25) is 14.9 Å². The average molecular weight is 454 g/mol. The van der Waals surface area contributed by atoms with E-state index in [9.17, 15) is 24.8 Å². The summed E-state index contributed by atoms with van der Waals surface area (Å²) in [6.45, 7) is 0. The molecule has 1 aliphatic heterocycles. The number of ether oxygens (including phenoxy) is 1. The van der Waals surface area contributed by atoms with Crippen LogP contribution in [-0.2, 0) is 16.8 Å². The standard InChI is InChI=1S/C26H18N2O6/c29-20-11-12-21-18(14-20)8-13-22-23(21)26(25(31)34-22,27-24(30)17-4-2-1-3-5-17)15-16-6-9-19(10-7-16)28(32)33/h1-14,29H,15H2,(H,27,30). The molecule has 2 N–H and O–H groups in total. The Morgan fingerprint density at radius 2 is 1.74 bits per heavy atom. The maximum Gasteiger partial charge on any atom is 0.342 e. The molecular weight excluding hydrogens is 436 g/mol. The first-order valence-electron chi connectivity index (χ1n) is 10.5. The topological polar surface area (TPSA) is 119 Å². The highest BCUT2D eigenvalue weighted by atomic mass is 16.6. The number of esters is 1. The number of rotatable bonds is 5. The number of nitrogens with one attached hydrogen (secondary N) is 1. The first-order chi connectivity index (χ1) is 16.4. The number of phenols is 1. The zero-order valence-corrected chi connectivity index (χ0v) is 17.7. The fourth-order valence-electron chi connectivity index (χ4n) is 4.33. The molecule has 0 radical (unpaired) electrons. The number of fused-ring (bicyclic) bond motifs is 3. The molecule has 168 valence electrons. The van der Waals surface area contributed by atoms with Crippen LogP contribution in [0.1, 0.15) is 21.5 Å². The number of carbonyl (C=O) groups excluding carboxylic acids is 2. The van der Waals surface area contributed by atoms with Gasteiger partial charge in [0.1, 0.15) is 11.5 Å². The molecule has 0 saturated heterocycles. The maximum absolute atomic E-state index is 13.4. The van der Waals surface area contributed by atoms with Crippen molar-refractivity contribution in [3.8, 4) is 11.5 Å². The van der Waals surface area contributed by atoms with Crippen molar-refractivity contribution in [2.75, 3.05) is 0 Å². The van der Waals surface area contributed by atoms with E-state index in [1.165, 1.54) is 18.2 Å². The summed E-state index contributed by atoms with van der Waals surface area (Å²) < 4.78 is 5.61. The summed E-state index contributed by atoms with van der Waals surface area (Å²) in [6.07, 6.45) is 0.00932. The van der Waals surface area contributed by atoms with Crippen LogP contribution in [0, 0.1) is 10.1 Å². The molecule has 0 fully saturated rings. The van der Waals surface area contributed by atoms with Gasteiger partial charge in [-0.1, -0.05) is 42.5 Å². The summed E-state index contributed by atoms with van der Waals surface area (Å²) >= 11 is 0. The number of hydrogen-bond acceptors (Lipinski definition) is 6. The van der Waals surface area contributed by atoms with Crippen LogP contribution in [0.3, 0.4) is 0 Å². The Hall–Kier alpha value is -4.72. The van der Waals surface area contributed by atoms with Gasteiger partial charge in [0.05, 0.1) is 4.92 Å². The van der Waals surface area contributed by atoms with Crippen molar-refractivity contribution in [2.24, 2.45) is 0 Å². The van der Waals surface area contributed by atoms with Crippen molar-refractivity contribution in [2.45, 2.75) is 12.0 Å². The third kappa shape index (κ3) is 3.51. The van der Waals surface area contributed by atoms with Gasteiger partial charge in [0.25, 0.3) is 11.6 Å². The Labute approximate surface area is 193 Å². The molecule has 1 atom stereocenters. The van der Waals surface area contributed by atoms with E-state index >= 15 is 0 Å². The molecule has 0 bridgehead atoms.